The van der Waals surface area contributed by atoms with Gasteiger partial charge in [0.25, 0.3) is 0 Å². The van der Waals surface area contributed by atoms with Crippen molar-refractivity contribution in [2.45, 2.75) is 38.6 Å². The van der Waals surface area contributed by atoms with Crippen LogP contribution in [0.5, 0.6) is 0 Å². The van der Waals surface area contributed by atoms with Gasteiger partial charge in [-0.05, 0) is 43.4 Å². The molecule has 0 saturated heterocycles. The van der Waals surface area contributed by atoms with E-state index in [4.69, 9.17) is 5.73 Å². The van der Waals surface area contributed by atoms with E-state index in [1.807, 2.05) is 19.2 Å². The molecule has 94 valence electrons. The molecule has 3 heteroatoms. The van der Waals surface area contributed by atoms with Gasteiger partial charge in [-0.25, -0.2) is 4.98 Å². The van der Waals surface area contributed by atoms with E-state index < -0.39 is 0 Å². The molecule has 1 aliphatic carbocycles. The van der Waals surface area contributed by atoms with E-state index in [0.717, 1.165) is 23.8 Å². The smallest absolute Gasteiger partial charge is 0.128 e. The molecule has 1 fully saturated rings. The van der Waals surface area contributed by atoms with Gasteiger partial charge in [-0.15, -0.1) is 0 Å². The first-order chi connectivity index (χ1) is 8.16. The summed E-state index contributed by atoms with van der Waals surface area (Å²) < 4.78 is 0. The van der Waals surface area contributed by atoms with E-state index in [1.165, 1.54) is 25.7 Å². The zero-order chi connectivity index (χ0) is 12.3. The Kier molecular flexibility index (Phi) is 4.00. The molecule has 2 rings (SSSR count). The summed E-state index contributed by atoms with van der Waals surface area (Å²) in [7, 11) is 2.13. The van der Waals surface area contributed by atoms with Crippen LogP contribution >= 0.6 is 0 Å². The van der Waals surface area contributed by atoms with Gasteiger partial charge in [0.2, 0.25) is 0 Å². The average molecular weight is 233 g/mol. The lowest BCUT2D eigenvalue weighted by Gasteiger charge is -2.22. The van der Waals surface area contributed by atoms with Crippen molar-refractivity contribution in [3.8, 4) is 0 Å². The van der Waals surface area contributed by atoms with Crippen LogP contribution in [0.2, 0.25) is 0 Å². The Morgan fingerprint density at radius 2 is 2.18 bits per heavy atom. The maximum atomic E-state index is 5.90. The predicted molar refractivity (Wildman–Crippen MR) is 72.1 cm³/mol. The van der Waals surface area contributed by atoms with Crippen molar-refractivity contribution >= 4 is 5.82 Å². The van der Waals surface area contributed by atoms with Crippen molar-refractivity contribution in [3.05, 3.63) is 23.9 Å². The number of nitrogens with two attached hydrogens (primary N) is 1. The lowest BCUT2D eigenvalue weighted by Crippen LogP contribution is -2.25. The van der Waals surface area contributed by atoms with Gasteiger partial charge < -0.3 is 10.6 Å². The van der Waals surface area contributed by atoms with Gasteiger partial charge in [0.05, 0.1) is 0 Å². The number of anilines is 1. The van der Waals surface area contributed by atoms with Gasteiger partial charge in [0.1, 0.15) is 5.82 Å². The first kappa shape index (κ1) is 12.4. The minimum absolute atomic E-state index is 0.0802. The van der Waals surface area contributed by atoms with Gasteiger partial charge in [-0.3, -0.25) is 0 Å². The van der Waals surface area contributed by atoms with Crippen LogP contribution < -0.4 is 10.6 Å². The lowest BCUT2D eigenvalue weighted by molar-refractivity contribution is 0.545. The molecule has 0 aromatic carbocycles. The van der Waals surface area contributed by atoms with Gasteiger partial charge in [0, 0.05) is 25.8 Å². The highest BCUT2D eigenvalue weighted by Crippen LogP contribution is 2.26. The largest absolute Gasteiger partial charge is 0.359 e. The summed E-state index contributed by atoms with van der Waals surface area (Å²) in [5, 5.41) is 0. The molecule has 1 saturated carbocycles. The minimum atomic E-state index is 0.0802. The highest BCUT2D eigenvalue weighted by atomic mass is 15.2. The second-order valence-electron chi connectivity index (χ2n) is 5.27. The van der Waals surface area contributed by atoms with Crippen molar-refractivity contribution in [1.29, 1.82) is 0 Å². The van der Waals surface area contributed by atoms with Crippen molar-refractivity contribution in [1.82, 2.24) is 4.98 Å². The fraction of sp³-hybridized carbons (Fsp3) is 0.643. The Labute approximate surface area is 104 Å². The summed E-state index contributed by atoms with van der Waals surface area (Å²) in [6, 6.07) is 4.19. The normalized spacial score (nSPS) is 18.3. The summed E-state index contributed by atoms with van der Waals surface area (Å²) in [6.07, 6.45) is 7.39. The SMILES string of the molecule is C[C@@H](N)c1ccnc(N(C)CC2CCCC2)c1. The first-order valence-corrected chi connectivity index (χ1v) is 6.59. The molecule has 1 atom stereocenters. The van der Waals surface area contributed by atoms with Crippen LogP contribution in [0.3, 0.4) is 0 Å². The summed E-state index contributed by atoms with van der Waals surface area (Å²) in [5.74, 6) is 1.90. The molecule has 1 aliphatic rings. The van der Waals surface area contributed by atoms with E-state index in [-0.39, 0.29) is 6.04 Å². The van der Waals surface area contributed by atoms with Crippen LogP contribution in [0, 0.1) is 5.92 Å². The van der Waals surface area contributed by atoms with Crippen molar-refractivity contribution in [2.75, 3.05) is 18.5 Å². The number of nitrogens with zero attached hydrogens (tertiary/aromatic N) is 2. The molecule has 1 aromatic heterocycles. The van der Waals surface area contributed by atoms with E-state index in [1.54, 1.807) is 0 Å². The second kappa shape index (κ2) is 5.50. The maximum absolute atomic E-state index is 5.90. The minimum Gasteiger partial charge on any atom is -0.359 e. The third kappa shape index (κ3) is 3.19. The molecular weight excluding hydrogens is 210 g/mol. The Balaban J connectivity index is 2.02. The third-order valence-electron chi connectivity index (χ3n) is 3.69. The number of aromatic nitrogens is 1. The molecule has 3 nitrogen and oxygen atoms in total. The van der Waals surface area contributed by atoms with Crippen LogP contribution in [-0.4, -0.2) is 18.6 Å². The van der Waals surface area contributed by atoms with Crippen LogP contribution in [0.1, 0.15) is 44.2 Å². The predicted octanol–water partition coefficient (Wildman–Crippen LogP) is 2.73. The average Bonchev–Trinajstić information content (AvgIpc) is 2.82. The van der Waals surface area contributed by atoms with E-state index >= 15 is 0 Å². The Morgan fingerprint density at radius 3 is 2.82 bits per heavy atom. The topological polar surface area (TPSA) is 42.1 Å². The lowest BCUT2D eigenvalue weighted by atomic mass is 10.1. The summed E-state index contributed by atoms with van der Waals surface area (Å²) in [4.78, 5) is 6.70. The zero-order valence-corrected chi connectivity index (χ0v) is 10.9. The van der Waals surface area contributed by atoms with Crippen molar-refractivity contribution < 1.29 is 0 Å². The van der Waals surface area contributed by atoms with Gasteiger partial charge in [0.15, 0.2) is 0 Å². The molecule has 0 bridgehead atoms. The monoisotopic (exact) mass is 233 g/mol. The molecule has 1 heterocycles. The highest BCUT2D eigenvalue weighted by Gasteiger charge is 2.17. The molecular formula is C14H23N3. The van der Waals surface area contributed by atoms with Crippen LogP contribution in [0.4, 0.5) is 5.82 Å². The fourth-order valence-corrected chi connectivity index (χ4v) is 2.60. The zero-order valence-electron chi connectivity index (χ0n) is 10.9. The third-order valence-corrected chi connectivity index (χ3v) is 3.69. The number of pyridine rings is 1. The number of rotatable bonds is 4. The van der Waals surface area contributed by atoms with E-state index in [9.17, 15) is 0 Å². The standard InChI is InChI=1S/C14H23N3/c1-11(15)13-7-8-16-14(9-13)17(2)10-12-5-3-4-6-12/h7-9,11-12H,3-6,10,15H2,1-2H3/t11-/m1/s1. The number of hydrogen-bond acceptors (Lipinski definition) is 3. The quantitative estimate of drug-likeness (QED) is 0.869. The van der Waals surface area contributed by atoms with Crippen LogP contribution in [0.25, 0.3) is 0 Å². The summed E-state index contributed by atoms with van der Waals surface area (Å²) >= 11 is 0. The molecule has 2 N–H and O–H groups in total. The van der Waals surface area contributed by atoms with Crippen LogP contribution in [0.15, 0.2) is 18.3 Å². The maximum Gasteiger partial charge on any atom is 0.128 e. The Hall–Kier alpha value is -1.09. The highest BCUT2D eigenvalue weighted by molar-refractivity contribution is 5.40. The molecule has 0 unspecified atom stereocenters. The molecule has 0 amide bonds. The van der Waals surface area contributed by atoms with Gasteiger partial charge in [-0.2, -0.15) is 0 Å². The summed E-state index contributed by atoms with van der Waals surface area (Å²) in [5.41, 5.74) is 7.06. The molecule has 0 spiro atoms. The molecule has 0 radical (unpaired) electrons. The van der Waals surface area contributed by atoms with Gasteiger partial charge >= 0.3 is 0 Å². The van der Waals surface area contributed by atoms with E-state index in [2.05, 4.69) is 23.0 Å². The Bertz CT molecular complexity index is 356. The van der Waals surface area contributed by atoms with E-state index in [0.29, 0.717) is 0 Å². The Morgan fingerprint density at radius 1 is 1.47 bits per heavy atom. The first-order valence-electron chi connectivity index (χ1n) is 6.59. The molecule has 0 aliphatic heterocycles. The number of hydrogen-bond donors (Lipinski definition) is 1. The van der Waals surface area contributed by atoms with Crippen molar-refractivity contribution in [2.24, 2.45) is 11.7 Å². The fourth-order valence-electron chi connectivity index (χ4n) is 2.60. The second-order valence-corrected chi connectivity index (χ2v) is 5.27. The molecule has 1 aromatic rings. The molecule has 17 heavy (non-hydrogen) atoms. The summed E-state index contributed by atoms with van der Waals surface area (Å²) in [6.45, 7) is 3.13. The van der Waals surface area contributed by atoms with Crippen LogP contribution in [-0.2, 0) is 0 Å². The van der Waals surface area contributed by atoms with Crippen molar-refractivity contribution in [3.63, 3.8) is 0 Å². The van der Waals surface area contributed by atoms with Gasteiger partial charge in [-0.1, -0.05) is 12.8 Å².